The first kappa shape index (κ1) is 30.0. The molecule has 52 heavy (non-hydrogen) atoms. The number of hydrogen-bond acceptors (Lipinski definition) is 2. The molecule has 244 valence electrons. The average Bonchev–Trinajstić information content (AvgIpc) is 3.61. The van der Waals surface area contributed by atoms with E-state index in [0.29, 0.717) is 0 Å². The van der Waals surface area contributed by atoms with Gasteiger partial charge < -0.3 is 9.32 Å². The first-order chi connectivity index (χ1) is 25.8. The van der Waals surface area contributed by atoms with Crippen LogP contribution in [0, 0.1) is 0 Å². The van der Waals surface area contributed by atoms with Crippen LogP contribution >= 0.6 is 0 Å². The van der Waals surface area contributed by atoms with Gasteiger partial charge in [-0.2, -0.15) is 0 Å². The molecule has 0 N–H and O–H groups in total. The summed E-state index contributed by atoms with van der Waals surface area (Å²) in [6.07, 6.45) is 0. The molecule has 0 aliphatic rings. The predicted molar refractivity (Wildman–Crippen MR) is 220 cm³/mol. The molecule has 0 fully saturated rings. The molecule has 1 aromatic heterocycles. The lowest BCUT2D eigenvalue weighted by Gasteiger charge is -2.27. The van der Waals surface area contributed by atoms with E-state index in [-0.39, 0.29) is 0 Å². The molecule has 10 aromatic rings. The van der Waals surface area contributed by atoms with Gasteiger partial charge in [0.25, 0.3) is 0 Å². The molecule has 0 aliphatic heterocycles. The van der Waals surface area contributed by atoms with E-state index in [4.69, 9.17) is 4.42 Å². The Kier molecular flexibility index (Phi) is 7.18. The molecule has 2 heteroatoms. The normalized spacial score (nSPS) is 11.5. The highest BCUT2D eigenvalue weighted by Crippen LogP contribution is 2.43. The van der Waals surface area contributed by atoms with Gasteiger partial charge in [-0.15, -0.1) is 0 Å². The van der Waals surface area contributed by atoms with E-state index in [0.717, 1.165) is 44.4 Å². The third-order valence-electron chi connectivity index (χ3n) is 10.3. The number of benzene rings is 9. The van der Waals surface area contributed by atoms with E-state index in [2.05, 4.69) is 199 Å². The monoisotopic (exact) mass is 663 g/mol. The highest BCUT2D eigenvalue weighted by molar-refractivity contribution is 6.19. The fourth-order valence-electron chi connectivity index (χ4n) is 7.69. The number of hydrogen-bond donors (Lipinski definition) is 0. The van der Waals surface area contributed by atoms with Gasteiger partial charge in [-0.3, -0.25) is 0 Å². The molecule has 0 bridgehead atoms. The minimum atomic E-state index is 0.913. The smallest absolute Gasteiger partial charge is 0.143 e. The lowest BCUT2D eigenvalue weighted by molar-refractivity contribution is 0.672. The Morgan fingerprint density at radius 3 is 1.52 bits per heavy atom. The number of rotatable bonds is 6. The van der Waals surface area contributed by atoms with Crippen LogP contribution in [0.15, 0.2) is 205 Å². The van der Waals surface area contributed by atoms with Crippen LogP contribution in [0.1, 0.15) is 0 Å². The van der Waals surface area contributed by atoms with Crippen molar-refractivity contribution in [1.29, 1.82) is 0 Å². The van der Waals surface area contributed by atoms with Crippen molar-refractivity contribution >= 4 is 60.5 Å². The summed E-state index contributed by atoms with van der Waals surface area (Å²) < 4.78 is 6.39. The highest BCUT2D eigenvalue weighted by atomic mass is 16.3. The van der Waals surface area contributed by atoms with E-state index < -0.39 is 0 Å². The Morgan fingerprint density at radius 1 is 0.327 bits per heavy atom. The summed E-state index contributed by atoms with van der Waals surface area (Å²) >= 11 is 0. The van der Waals surface area contributed by atoms with Crippen LogP contribution in [-0.2, 0) is 0 Å². The lowest BCUT2D eigenvalue weighted by Crippen LogP contribution is -2.10. The van der Waals surface area contributed by atoms with E-state index in [1.54, 1.807) is 0 Å². The topological polar surface area (TPSA) is 16.4 Å². The standard InChI is InChI=1S/C50H33NO/c1-2-11-34(12-3-1)35-21-23-36(24-22-35)37-25-29-40(30-26-37)51(48-19-10-14-38-13-4-5-15-42(38)48)41-31-27-39(28-32-41)46-33-47-44-17-8-9-20-49(44)52-50(47)45-18-7-6-16-43(45)46/h1-33H. The Balaban J connectivity index is 1.07. The van der Waals surface area contributed by atoms with Gasteiger partial charge in [-0.05, 0) is 86.6 Å². The zero-order valence-corrected chi connectivity index (χ0v) is 28.4. The van der Waals surface area contributed by atoms with E-state index in [1.807, 2.05) is 6.07 Å². The molecule has 0 aliphatic carbocycles. The highest BCUT2D eigenvalue weighted by Gasteiger charge is 2.18. The fourth-order valence-corrected chi connectivity index (χ4v) is 7.69. The van der Waals surface area contributed by atoms with E-state index in [9.17, 15) is 0 Å². The molecule has 10 rings (SSSR count). The van der Waals surface area contributed by atoms with Gasteiger partial charge in [-0.25, -0.2) is 0 Å². The zero-order chi connectivity index (χ0) is 34.4. The summed E-state index contributed by atoms with van der Waals surface area (Å²) in [5, 5.41) is 7.00. The minimum absolute atomic E-state index is 0.913. The summed E-state index contributed by atoms with van der Waals surface area (Å²) in [6, 6.07) is 71.7. The van der Waals surface area contributed by atoms with Crippen molar-refractivity contribution in [2.75, 3.05) is 4.90 Å². The van der Waals surface area contributed by atoms with Crippen LogP contribution < -0.4 is 4.90 Å². The summed E-state index contributed by atoms with van der Waals surface area (Å²) in [5.41, 5.74) is 12.4. The molecule has 2 nitrogen and oxygen atoms in total. The third-order valence-corrected chi connectivity index (χ3v) is 10.3. The summed E-state index contributed by atoms with van der Waals surface area (Å²) in [7, 11) is 0. The Hall–Kier alpha value is -6.90. The third kappa shape index (κ3) is 5.12. The van der Waals surface area contributed by atoms with Crippen LogP contribution in [0.5, 0.6) is 0 Å². The van der Waals surface area contributed by atoms with Gasteiger partial charge in [0.1, 0.15) is 11.2 Å². The molecule has 0 amide bonds. The largest absolute Gasteiger partial charge is 0.455 e. The molecular formula is C50H33NO. The molecule has 0 spiro atoms. The molecule has 0 saturated carbocycles. The predicted octanol–water partition coefficient (Wildman–Crippen LogP) is 14.4. The van der Waals surface area contributed by atoms with Crippen molar-refractivity contribution in [2.45, 2.75) is 0 Å². The van der Waals surface area contributed by atoms with Gasteiger partial charge in [0, 0.05) is 32.9 Å². The lowest BCUT2D eigenvalue weighted by atomic mass is 9.95. The number of fused-ring (bicyclic) bond motifs is 6. The Bertz CT molecular complexity index is 2860. The maximum Gasteiger partial charge on any atom is 0.143 e. The molecular weight excluding hydrogens is 631 g/mol. The second-order valence-electron chi connectivity index (χ2n) is 13.3. The van der Waals surface area contributed by atoms with Gasteiger partial charge in [0.15, 0.2) is 0 Å². The van der Waals surface area contributed by atoms with Crippen LogP contribution in [-0.4, -0.2) is 0 Å². The van der Waals surface area contributed by atoms with E-state index >= 15 is 0 Å². The van der Waals surface area contributed by atoms with Crippen LogP contribution in [0.2, 0.25) is 0 Å². The maximum absolute atomic E-state index is 6.39. The Labute approximate surface area is 302 Å². The van der Waals surface area contributed by atoms with Gasteiger partial charge in [0.2, 0.25) is 0 Å². The molecule has 0 atom stereocenters. The summed E-state index contributed by atoms with van der Waals surface area (Å²) in [4.78, 5) is 2.37. The van der Waals surface area contributed by atoms with Gasteiger partial charge >= 0.3 is 0 Å². The van der Waals surface area contributed by atoms with Crippen molar-refractivity contribution in [1.82, 2.24) is 0 Å². The summed E-state index contributed by atoms with van der Waals surface area (Å²) in [5.74, 6) is 0. The molecule has 9 aromatic carbocycles. The van der Waals surface area contributed by atoms with Gasteiger partial charge in [0.05, 0.1) is 5.69 Å². The molecule has 1 heterocycles. The summed E-state index contributed by atoms with van der Waals surface area (Å²) in [6.45, 7) is 0. The number of nitrogens with zero attached hydrogens (tertiary/aromatic N) is 1. The zero-order valence-electron chi connectivity index (χ0n) is 28.4. The molecule has 0 radical (unpaired) electrons. The van der Waals surface area contributed by atoms with Crippen molar-refractivity contribution in [3.05, 3.63) is 200 Å². The molecule has 0 unspecified atom stereocenters. The molecule has 0 saturated heterocycles. The van der Waals surface area contributed by atoms with Crippen molar-refractivity contribution in [2.24, 2.45) is 0 Å². The SMILES string of the molecule is c1ccc(-c2ccc(-c3ccc(N(c4ccc(-c5cc6c7ccccc7oc6c6ccccc56)cc4)c4cccc5ccccc45)cc3)cc2)cc1. The number of furan rings is 1. The second-order valence-corrected chi connectivity index (χ2v) is 13.3. The maximum atomic E-state index is 6.39. The minimum Gasteiger partial charge on any atom is -0.455 e. The average molecular weight is 664 g/mol. The fraction of sp³-hybridized carbons (Fsp3) is 0. The van der Waals surface area contributed by atoms with Crippen molar-refractivity contribution in [3.8, 4) is 33.4 Å². The van der Waals surface area contributed by atoms with Gasteiger partial charge in [-0.1, -0.05) is 158 Å². The first-order valence-corrected chi connectivity index (χ1v) is 17.8. The number of para-hydroxylation sites is 1. The second kappa shape index (κ2) is 12.5. The van der Waals surface area contributed by atoms with Crippen LogP contribution in [0.25, 0.3) is 76.9 Å². The van der Waals surface area contributed by atoms with E-state index in [1.165, 1.54) is 49.5 Å². The van der Waals surface area contributed by atoms with Crippen molar-refractivity contribution < 1.29 is 4.42 Å². The van der Waals surface area contributed by atoms with Crippen molar-refractivity contribution in [3.63, 3.8) is 0 Å². The Morgan fingerprint density at radius 2 is 0.827 bits per heavy atom. The first-order valence-electron chi connectivity index (χ1n) is 17.8. The van der Waals surface area contributed by atoms with Crippen LogP contribution in [0.3, 0.4) is 0 Å². The van der Waals surface area contributed by atoms with Crippen LogP contribution in [0.4, 0.5) is 17.1 Å². The number of anilines is 3. The quantitative estimate of drug-likeness (QED) is 0.176.